The molecule has 0 amide bonds. The van der Waals surface area contributed by atoms with Crippen LogP contribution in [0.15, 0.2) is 42.5 Å². The first-order valence-corrected chi connectivity index (χ1v) is 7.41. The van der Waals surface area contributed by atoms with Gasteiger partial charge in [-0.25, -0.2) is 4.39 Å². The smallest absolute Gasteiger partial charge is 0.165 e. The fourth-order valence-electron chi connectivity index (χ4n) is 2.27. The number of hydrogen-bond acceptors (Lipinski definition) is 2. The Kier molecular flexibility index (Phi) is 5.34. The summed E-state index contributed by atoms with van der Waals surface area (Å²) < 4.78 is 19.9. The van der Waals surface area contributed by atoms with Crippen LogP contribution in [0.5, 0.6) is 11.5 Å². The first-order chi connectivity index (χ1) is 10.2. The predicted molar refractivity (Wildman–Crippen MR) is 84.4 cm³/mol. The summed E-state index contributed by atoms with van der Waals surface area (Å²) in [5.41, 5.74) is 7.48. The van der Waals surface area contributed by atoms with Crippen molar-refractivity contribution in [1.82, 2.24) is 0 Å². The van der Waals surface area contributed by atoms with Gasteiger partial charge in [0, 0.05) is 0 Å². The Morgan fingerprint density at radius 2 is 1.90 bits per heavy atom. The molecule has 2 aromatic rings. The highest BCUT2D eigenvalue weighted by atomic mass is 19.1. The lowest BCUT2D eigenvalue weighted by atomic mass is 9.98. The number of para-hydroxylation sites is 1. The van der Waals surface area contributed by atoms with Gasteiger partial charge in [0.2, 0.25) is 0 Å². The zero-order valence-corrected chi connectivity index (χ0v) is 12.6. The number of rotatable bonds is 6. The van der Waals surface area contributed by atoms with E-state index < -0.39 is 0 Å². The number of benzene rings is 2. The molecule has 0 aliphatic rings. The van der Waals surface area contributed by atoms with Gasteiger partial charge in [0.25, 0.3) is 0 Å². The molecule has 21 heavy (non-hydrogen) atoms. The second-order valence-corrected chi connectivity index (χ2v) is 5.25. The van der Waals surface area contributed by atoms with Crippen molar-refractivity contribution < 1.29 is 9.13 Å². The maximum Gasteiger partial charge on any atom is 0.165 e. The normalized spacial score (nSPS) is 12.2. The van der Waals surface area contributed by atoms with Crippen molar-refractivity contribution in [2.24, 2.45) is 5.73 Å². The Morgan fingerprint density at radius 3 is 2.57 bits per heavy atom. The highest BCUT2D eigenvalue weighted by Crippen LogP contribution is 2.33. The minimum Gasteiger partial charge on any atom is -0.454 e. The van der Waals surface area contributed by atoms with Crippen LogP contribution < -0.4 is 10.5 Å². The molecule has 0 saturated heterocycles. The summed E-state index contributed by atoms with van der Waals surface area (Å²) in [6.45, 7) is 4.78. The van der Waals surface area contributed by atoms with Crippen molar-refractivity contribution in [2.75, 3.05) is 6.54 Å². The maximum absolute atomic E-state index is 14.1. The Labute approximate surface area is 125 Å². The van der Waals surface area contributed by atoms with E-state index in [0.717, 1.165) is 23.3 Å². The maximum atomic E-state index is 14.1. The molecular weight excluding hydrogens is 265 g/mol. The fourth-order valence-corrected chi connectivity index (χ4v) is 2.27. The highest BCUT2D eigenvalue weighted by molar-refractivity contribution is 5.40. The van der Waals surface area contributed by atoms with Crippen LogP contribution in [-0.2, 0) is 6.42 Å². The monoisotopic (exact) mass is 287 g/mol. The molecule has 0 radical (unpaired) electrons. The molecular formula is C18H22FNO. The quantitative estimate of drug-likeness (QED) is 0.840. The molecule has 1 atom stereocenters. The van der Waals surface area contributed by atoms with Gasteiger partial charge in [0.05, 0.1) is 0 Å². The first-order valence-electron chi connectivity index (χ1n) is 7.41. The van der Waals surface area contributed by atoms with Crippen LogP contribution in [0.3, 0.4) is 0 Å². The van der Waals surface area contributed by atoms with Gasteiger partial charge >= 0.3 is 0 Å². The lowest BCUT2D eigenvalue weighted by Crippen LogP contribution is -2.03. The summed E-state index contributed by atoms with van der Waals surface area (Å²) in [5.74, 6) is 1.00. The Morgan fingerprint density at radius 1 is 1.14 bits per heavy atom. The van der Waals surface area contributed by atoms with Crippen LogP contribution in [0.2, 0.25) is 0 Å². The van der Waals surface area contributed by atoms with Gasteiger partial charge in [-0.05, 0) is 54.6 Å². The minimum atomic E-state index is -0.347. The average Bonchev–Trinajstić information content (AvgIpc) is 2.50. The Hall–Kier alpha value is -1.87. The first kappa shape index (κ1) is 15.5. The van der Waals surface area contributed by atoms with E-state index in [1.54, 1.807) is 6.07 Å². The van der Waals surface area contributed by atoms with E-state index in [1.807, 2.05) is 30.3 Å². The lowest BCUT2D eigenvalue weighted by Gasteiger charge is -2.16. The molecule has 2 nitrogen and oxygen atoms in total. The van der Waals surface area contributed by atoms with Gasteiger partial charge in [-0.2, -0.15) is 0 Å². The standard InChI is InChI=1S/C18H22FNO/c1-3-13(2)15-6-4-5-7-17(15)21-18-9-8-14(10-11-20)12-16(18)19/h4-9,12-13H,3,10-11,20H2,1-2H3. The van der Waals surface area contributed by atoms with E-state index >= 15 is 0 Å². The molecule has 2 rings (SSSR count). The molecule has 1 unspecified atom stereocenters. The SMILES string of the molecule is CCC(C)c1ccccc1Oc1ccc(CCN)cc1F. The van der Waals surface area contributed by atoms with Crippen molar-refractivity contribution in [2.45, 2.75) is 32.6 Å². The van der Waals surface area contributed by atoms with Gasteiger partial charge in [0.1, 0.15) is 5.75 Å². The summed E-state index contributed by atoms with van der Waals surface area (Å²) in [5, 5.41) is 0. The second kappa shape index (κ2) is 7.23. The average molecular weight is 287 g/mol. The fraction of sp³-hybridized carbons (Fsp3) is 0.333. The molecule has 0 heterocycles. The third-order valence-electron chi connectivity index (χ3n) is 3.71. The third-order valence-corrected chi connectivity index (χ3v) is 3.71. The van der Waals surface area contributed by atoms with E-state index in [9.17, 15) is 4.39 Å². The van der Waals surface area contributed by atoms with Crippen molar-refractivity contribution >= 4 is 0 Å². The summed E-state index contributed by atoms with van der Waals surface area (Å²) >= 11 is 0. The summed E-state index contributed by atoms with van der Waals surface area (Å²) in [6.07, 6.45) is 1.68. The topological polar surface area (TPSA) is 35.2 Å². The molecule has 112 valence electrons. The third kappa shape index (κ3) is 3.82. The molecule has 0 aliphatic carbocycles. The predicted octanol–water partition coefficient (Wildman–Crippen LogP) is 4.63. The molecule has 2 aromatic carbocycles. The van der Waals surface area contributed by atoms with Crippen LogP contribution >= 0.6 is 0 Å². The van der Waals surface area contributed by atoms with Gasteiger partial charge in [-0.15, -0.1) is 0 Å². The Bertz CT molecular complexity index is 598. The van der Waals surface area contributed by atoms with Crippen LogP contribution in [0, 0.1) is 5.82 Å². The van der Waals surface area contributed by atoms with Gasteiger partial charge in [0.15, 0.2) is 11.6 Å². The summed E-state index contributed by atoms with van der Waals surface area (Å²) in [6, 6.07) is 12.8. The van der Waals surface area contributed by atoms with Crippen molar-refractivity contribution in [1.29, 1.82) is 0 Å². The zero-order valence-electron chi connectivity index (χ0n) is 12.6. The molecule has 3 heteroatoms. The van der Waals surface area contributed by atoms with Gasteiger partial charge in [-0.3, -0.25) is 0 Å². The lowest BCUT2D eigenvalue weighted by molar-refractivity contribution is 0.433. The van der Waals surface area contributed by atoms with Crippen LogP contribution in [0.4, 0.5) is 4.39 Å². The van der Waals surface area contributed by atoms with Gasteiger partial charge < -0.3 is 10.5 Å². The van der Waals surface area contributed by atoms with Crippen LogP contribution in [0.25, 0.3) is 0 Å². The van der Waals surface area contributed by atoms with E-state index in [4.69, 9.17) is 10.5 Å². The Balaban J connectivity index is 2.26. The number of halogens is 1. The number of hydrogen-bond donors (Lipinski definition) is 1. The van der Waals surface area contributed by atoms with Crippen LogP contribution in [-0.4, -0.2) is 6.54 Å². The number of nitrogens with two attached hydrogens (primary N) is 1. The van der Waals surface area contributed by atoms with Gasteiger partial charge in [-0.1, -0.05) is 38.1 Å². The van der Waals surface area contributed by atoms with Crippen molar-refractivity contribution in [3.05, 3.63) is 59.4 Å². The largest absolute Gasteiger partial charge is 0.454 e. The van der Waals surface area contributed by atoms with Crippen molar-refractivity contribution in [3.63, 3.8) is 0 Å². The molecule has 0 bridgehead atoms. The second-order valence-electron chi connectivity index (χ2n) is 5.25. The molecule has 0 fully saturated rings. The molecule has 2 N–H and O–H groups in total. The summed E-state index contributed by atoms with van der Waals surface area (Å²) in [4.78, 5) is 0. The van der Waals surface area contributed by atoms with E-state index in [2.05, 4.69) is 13.8 Å². The molecule has 0 aromatic heterocycles. The van der Waals surface area contributed by atoms with E-state index in [-0.39, 0.29) is 11.6 Å². The zero-order chi connectivity index (χ0) is 15.2. The highest BCUT2D eigenvalue weighted by Gasteiger charge is 2.12. The van der Waals surface area contributed by atoms with E-state index in [0.29, 0.717) is 18.9 Å². The number of ether oxygens (including phenoxy) is 1. The molecule has 0 aliphatic heterocycles. The summed E-state index contributed by atoms with van der Waals surface area (Å²) in [7, 11) is 0. The van der Waals surface area contributed by atoms with Crippen molar-refractivity contribution in [3.8, 4) is 11.5 Å². The van der Waals surface area contributed by atoms with Crippen LogP contribution in [0.1, 0.15) is 37.3 Å². The molecule has 0 saturated carbocycles. The van der Waals surface area contributed by atoms with E-state index in [1.165, 1.54) is 6.07 Å². The minimum absolute atomic E-state index is 0.256. The molecule has 0 spiro atoms.